The fraction of sp³-hybridized carbons (Fsp3) is 0.650. The standard InChI is InChI=1S/C20H32N2O4/c1-4-20(10-5-6-11-21-13-20)15-8-7-9-16(12-15)26-19(25)22-17(14(2)3)18(23)24/h7-9,12,14,17,19,21-22,25H,4-6,10-11,13H2,1-3H3,(H,23,24). The second-order valence-electron chi connectivity index (χ2n) is 7.49. The van der Waals surface area contributed by atoms with Gasteiger partial charge in [-0.15, -0.1) is 0 Å². The molecular formula is C20H32N2O4. The summed E-state index contributed by atoms with van der Waals surface area (Å²) in [5, 5.41) is 25.5. The second kappa shape index (κ2) is 9.35. The molecule has 1 fully saturated rings. The molecule has 26 heavy (non-hydrogen) atoms. The van der Waals surface area contributed by atoms with Crippen LogP contribution in [0.2, 0.25) is 0 Å². The molecule has 0 aliphatic carbocycles. The summed E-state index contributed by atoms with van der Waals surface area (Å²) >= 11 is 0. The summed E-state index contributed by atoms with van der Waals surface area (Å²) in [6.07, 6.45) is 3.14. The van der Waals surface area contributed by atoms with E-state index >= 15 is 0 Å². The fourth-order valence-electron chi connectivity index (χ4n) is 3.65. The monoisotopic (exact) mass is 364 g/mol. The molecule has 4 N–H and O–H groups in total. The Morgan fingerprint density at radius 1 is 1.38 bits per heavy atom. The Morgan fingerprint density at radius 3 is 2.81 bits per heavy atom. The van der Waals surface area contributed by atoms with Gasteiger partial charge in [0.15, 0.2) is 0 Å². The molecule has 3 unspecified atom stereocenters. The van der Waals surface area contributed by atoms with E-state index in [0.29, 0.717) is 5.75 Å². The van der Waals surface area contributed by atoms with Crippen LogP contribution in [0.25, 0.3) is 0 Å². The molecule has 1 aromatic rings. The minimum atomic E-state index is -1.38. The lowest BCUT2D eigenvalue weighted by molar-refractivity contribution is -0.145. The van der Waals surface area contributed by atoms with Gasteiger partial charge >= 0.3 is 5.97 Å². The lowest BCUT2D eigenvalue weighted by atomic mass is 9.74. The molecule has 1 aliphatic rings. The van der Waals surface area contributed by atoms with Gasteiger partial charge in [0, 0.05) is 12.0 Å². The molecule has 0 bridgehead atoms. The molecule has 6 nitrogen and oxygen atoms in total. The third-order valence-electron chi connectivity index (χ3n) is 5.35. The molecule has 0 saturated carbocycles. The van der Waals surface area contributed by atoms with E-state index in [4.69, 9.17) is 4.74 Å². The lowest BCUT2D eigenvalue weighted by Crippen LogP contribution is -2.48. The first-order chi connectivity index (χ1) is 12.4. The van der Waals surface area contributed by atoms with E-state index in [1.165, 1.54) is 18.4 Å². The van der Waals surface area contributed by atoms with Crippen LogP contribution in [-0.2, 0) is 10.2 Å². The average Bonchev–Trinajstić information content (AvgIpc) is 2.86. The molecule has 1 aliphatic heterocycles. The zero-order chi connectivity index (χ0) is 19.2. The summed E-state index contributed by atoms with van der Waals surface area (Å²) in [5.74, 6) is -0.643. The van der Waals surface area contributed by atoms with Crippen molar-refractivity contribution in [2.45, 2.75) is 64.3 Å². The van der Waals surface area contributed by atoms with Crippen molar-refractivity contribution in [2.75, 3.05) is 13.1 Å². The zero-order valence-corrected chi connectivity index (χ0v) is 16.0. The molecule has 1 heterocycles. The number of aliphatic hydroxyl groups excluding tert-OH is 1. The molecular weight excluding hydrogens is 332 g/mol. The van der Waals surface area contributed by atoms with E-state index in [9.17, 15) is 15.0 Å². The number of ether oxygens (including phenoxy) is 1. The SMILES string of the molecule is CCC1(c2cccc(OC(O)NC(C(=O)O)C(C)C)c2)CCCCNC1. The Hall–Kier alpha value is -1.63. The first-order valence-electron chi connectivity index (χ1n) is 9.53. The van der Waals surface area contributed by atoms with Crippen molar-refractivity contribution < 1.29 is 19.7 Å². The van der Waals surface area contributed by atoms with Gasteiger partial charge in [0.05, 0.1) is 0 Å². The molecule has 2 rings (SSSR count). The van der Waals surface area contributed by atoms with Gasteiger partial charge in [0.2, 0.25) is 0 Å². The van der Waals surface area contributed by atoms with Gasteiger partial charge in [0.1, 0.15) is 11.8 Å². The quantitative estimate of drug-likeness (QED) is 0.530. The Balaban J connectivity index is 2.11. The highest BCUT2D eigenvalue weighted by Crippen LogP contribution is 2.36. The van der Waals surface area contributed by atoms with Crippen LogP contribution in [0, 0.1) is 5.92 Å². The van der Waals surface area contributed by atoms with Crippen LogP contribution in [-0.4, -0.2) is 41.7 Å². The van der Waals surface area contributed by atoms with E-state index in [1.807, 2.05) is 12.1 Å². The molecule has 1 saturated heterocycles. The van der Waals surface area contributed by atoms with Gasteiger partial charge in [0.25, 0.3) is 6.41 Å². The van der Waals surface area contributed by atoms with Crippen molar-refractivity contribution in [3.63, 3.8) is 0 Å². The maximum Gasteiger partial charge on any atom is 0.321 e. The molecule has 1 aromatic carbocycles. The van der Waals surface area contributed by atoms with Crippen LogP contribution >= 0.6 is 0 Å². The summed E-state index contributed by atoms with van der Waals surface area (Å²) in [6, 6.07) is 6.91. The predicted octanol–water partition coefficient (Wildman–Crippen LogP) is 2.46. The number of aliphatic hydroxyl groups is 1. The van der Waals surface area contributed by atoms with Gasteiger partial charge < -0.3 is 20.3 Å². The van der Waals surface area contributed by atoms with E-state index in [1.54, 1.807) is 19.9 Å². The lowest BCUT2D eigenvalue weighted by Gasteiger charge is -2.32. The number of hydrogen-bond acceptors (Lipinski definition) is 5. The first-order valence-corrected chi connectivity index (χ1v) is 9.53. The van der Waals surface area contributed by atoms with Gasteiger partial charge in [-0.05, 0) is 49.4 Å². The predicted molar refractivity (Wildman–Crippen MR) is 101 cm³/mol. The number of aliphatic carboxylic acids is 1. The Bertz CT molecular complexity index is 583. The number of carboxylic acid groups (broad SMARTS) is 1. The highest BCUT2D eigenvalue weighted by atomic mass is 16.6. The van der Waals surface area contributed by atoms with Crippen LogP contribution in [0.3, 0.4) is 0 Å². The van der Waals surface area contributed by atoms with Crippen molar-refractivity contribution in [1.29, 1.82) is 0 Å². The fourth-order valence-corrected chi connectivity index (χ4v) is 3.65. The Morgan fingerprint density at radius 2 is 2.15 bits per heavy atom. The van der Waals surface area contributed by atoms with Crippen molar-refractivity contribution in [1.82, 2.24) is 10.6 Å². The maximum absolute atomic E-state index is 11.3. The summed E-state index contributed by atoms with van der Waals surface area (Å²) < 4.78 is 5.56. The molecule has 0 spiro atoms. The van der Waals surface area contributed by atoms with Crippen LogP contribution in [0.5, 0.6) is 5.75 Å². The van der Waals surface area contributed by atoms with Crippen LogP contribution in [0.1, 0.15) is 52.0 Å². The Kier molecular flexibility index (Phi) is 7.43. The molecule has 0 amide bonds. The largest absolute Gasteiger partial charge is 0.480 e. The summed E-state index contributed by atoms with van der Waals surface area (Å²) in [7, 11) is 0. The summed E-state index contributed by atoms with van der Waals surface area (Å²) in [6.45, 7) is 7.75. The average molecular weight is 364 g/mol. The smallest absolute Gasteiger partial charge is 0.321 e. The normalized spacial score (nSPS) is 23.3. The Labute approximate surface area is 155 Å². The number of benzene rings is 1. The van der Waals surface area contributed by atoms with Gasteiger partial charge in [-0.3, -0.25) is 4.79 Å². The summed E-state index contributed by atoms with van der Waals surface area (Å²) in [5.41, 5.74) is 1.26. The van der Waals surface area contributed by atoms with Gasteiger partial charge in [-0.1, -0.05) is 39.3 Å². The minimum absolute atomic E-state index is 0.0653. The highest BCUT2D eigenvalue weighted by Gasteiger charge is 2.31. The van der Waals surface area contributed by atoms with Gasteiger partial charge in [-0.2, -0.15) is 0 Å². The third-order valence-corrected chi connectivity index (χ3v) is 5.35. The topological polar surface area (TPSA) is 90.8 Å². The molecule has 0 radical (unpaired) electrons. The minimum Gasteiger partial charge on any atom is -0.480 e. The number of hydrogen-bond donors (Lipinski definition) is 4. The number of carboxylic acids is 1. The van der Waals surface area contributed by atoms with Crippen LogP contribution in [0.4, 0.5) is 0 Å². The van der Waals surface area contributed by atoms with Crippen LogP contribution in [0.15, 0.2) is 24.3 Å². The zero-order valence-electron chi connectivity index (χ0n) is 16.0. The second-order valence-corrected chi connectivity index (χ2v) is 7.49. The first kappa shape index (κ1) is 20.7. The molecule has 146 valence electrons. The van der Waals surface area contributed by atoms with E-state index in [0.717, 1.165) is 25.9 Å². The third kappa shape index (κ3) is 5.19. The van der Waals surface area contributed by atoms with Crippen molar-refractivity contribution >= 4 is 5.97 Å². The van der Waals surface area contributed by atoms with E-state index < -0.39 is 18.4 Å². The number of carbonyl (C=O) groups is 1. The highest BCUT2D eigenvalue weighted by molar-refractivity contribution is 5.73. The number of nitrogens with one attached hydrogen (secondary N) is 2. The van der Waals surface area contributed by atoms with Gasteiger partial charge in [-0.25, -0.2) is 5.32 Å². The van der Waals surface area contributed by atoms with E-state index in [-0.39, 0.29) is 11.3 Å². The maximum atomic E-state index is 11.3. The van der Waals surface area contributed by atoms with Crippen molar-refractivity contribution in [3.05, 3.63) is 29.8 Å². The summed E-state index contributed by atoms with van der Waals surface area (Å²) in [4.78, 5) is 11.3. The van der Waals surface area contributed by atoms with Crippen molar-refractivity contribution in [3.8, 4) is 5.75 Å². The molecule has 0 aromatic heterocycles. The molecule has 3 atom stereocenters. The van der Waals surface area contributed by atoms with Crippen LogP contribution < -0.4 is 15.4 Å². The van der Waals surface area contributed by atoms with E-state index in [2.05, 4.69) is 23.6 Å². The molecule has 6 heteroatoms. The number of rotatable bonds is 8. The van der Waals surface area contributed by atoms with Crippen molar-refractivity contribution in [2.24, 2.45) is 5.92 Å².